The van der Waals surface area contributed by atoms with E-state index in [1.807, 2.05) is 12.1 Å². The van der Waals surface area contributed by atoms with Crippen LogP contribution in [0.3, 0.4) is 0 Å². The zero-order valence-corrected chi connectivity index (χ0v) is 14.3. The molecule has 0 fully saturated rings. The monoisotopic (exact) mass is 336 g/mol. The number of aryl methyl sites for hydroxylation is 1. The largest absolute Gasteiger partial charge is 0.476 e. The van der Waals surface area contributed by atoms with Gasteiger partial charge in [0.2, 0.25) is 5.88 Å². The quantitative estimate of drug-likeness (QED) is 0.719. The summed E-state index contributed by atoms with van der Waals surface area (Å²) in [6.07, 6.45) is 0.899. The average Bonchev–Trinajstić information content (AvgIpc) is 2.81. The second-order valence-corrected chi connectivity index (χ2v) is 6.60. The number of ether oxygens (including phenoxy) is 1. The van der Waals surface area contributed by atoms with Crippen molar-refractivity contribution in [3.8, 4) is 5.88 Å². The van der Waals surface area contributed by atoms with Crippen molar-refractivity contribution in [3.05, 3.63) is 71.0 Å². The molecule has 1 aliphatic heterocycles. The number of hydrogen-bond acceptors (Lipinski definition) is 3. The first-order valence-corrected chi connectivity index (χ1v) is 8.68. The molecule has 0 aliphatic carbocycles. The van der Waals surface area contributed by atoms with Gasteiger partial charge in [0.05, 0.1) is 5.52 Å². The number of pyridine rings is 1. The van der Waals surface area contributed by atoms with Crippen LogP contribution in [-0.2, 0) is 13.0 Å². The molecule has 0 saturated heterocycles. The molecule has 0 atom stereocenters. The Morgan fingerprint density at radius 1 is 1.16 bits per heavy atom. The molecule has 4 heteroatoms. The fraction of sp³-hybridized carbons (Fsp3) is 0.286. The zero-order valence-electron chi connectivity index (χ0n) is 14.3. The normalized spacial score (nSPS) is 14.8. The van der Waals surface area contributed by atoms with Crippen molar-refractivity contribution in [2.24, 2.45) is 0 Å². The average molecular weight is 336 g/mol. The number of nitrogens with zero attached hydrogens (tertiary/aromatic N) is 2. The molecule has 0 radical (unpaired) electrons. The smallest absolute Gasteiger partial charge is 0.218 e. The molecule has 0 unspecified atom stereocenters. The number of fused-ring (bicyclic) bond motifs is 2. The van der Waals surface area contributed by atoms with E-state index in [2.05, 4.69) is 36.1 Å². The summed E-state index contributed by atoms with van der Waals surface area (Å²) in [5.41, 5.74) is 4.47. The maximum absolute atomic E-state index is 13.0. The lowest BCUT2D eigenvalue weighted by Gasteiger charge is -2.19. The van der Waals surface area contributed by atoms with Gasteiger partial charge in [-0.2, -0.15) is 0 Å². The van der Waals surface area contributed by atoms with Crippen molar-refractivity contribution < 1.29 is 9.13 Å². The van der Waals surface area contributed by atoms with E-state index in [0.29, 0.717) is 6.61 Å². The van der Waals surface area contributed by atoms with E-state index < -0.39 is 0 Å². The lowest BCUT2D eigenvalue weighted by molar-refractivity contribution is 0.225. The summed E-state index contributed by atoms with van der Waals surface area (Å²) in [5, 5.41) is 1.16. The van der Waals surface area contributed by atoms with Crippen LogP contribution in [0.5, 0.6) is 5.88 Å². The van der Waals surface area contributed by atoms with Crippen LogP contribution in [0.2, 0.25) is 0 Å². The highest BCUT2D eigenvalue weighted by molar-refractivity contribution is 5.83. The Kier molecular flexibility index (Phi) is 4.36. The summed E-state index contributed by atoms with van der Waals surface area (Å²) in [7, 11) is 0. The molecule has 2 aromatic carbocycles. The molecule has 3 aromatic rings. The molecule has 0 bridgehead atoms. The van der Waals surface area contributed by atoms with E-state index >= 15 is 0 Å². The highest BCUT2D eigenvalue weighted by atomic mass is 19.1. The minimum Gasteiger partial charge on any atom is -0.476 e. The van der Waals surface area contributed by atoms with Crippen LogP contribution in [0.15, 0.2) is 48.5 Å². The molecule has 3 nitrogen and oxygen atoms in total. The van der Waals surface area contributed by atoms with Crippen molar-refractivity contribution >= 4 is 10.9 Å². The van der Waals surface area contributed by atoms with Gasteiger partial charge in [-0.25, -0.2) is 9.37 Å². The van der Waals surface area contributed by atoms with Gasteiger partial charge >= 0.3 is 0 Å². The predicted molar refractivity (Wildman–Crippen MR) is 97.4 cm³/mol. The summed E-state index contributed by atoms with van der Waals surface area (Å²) < 4.78 is 18.9. The fourth-order valence-corrected chi connectivity index (χ4v) is 3.33. The molecule has 0 amide bonds. The Bertz CT molecular complexity index is 892. The second kappa shape index (κ2) is 6.81. The van der Waals surface area contributed by atoms with Crippen LogP contribution in [0, 0.1) is 12.7 Å². The third kappa shape index (κ3) is 3.49. The van der Waals surface area contributed by atoms with Crippen LogP contribution in [-0.4, -0.2) is 29.6 Å². The van der Waals surface area contributed by atoms with Gasteiger partial charge < -0.3 is 4.74 Å². The number of rotatable bonds is 3. The van der Waals surface area contributed by atoms with Crippen molar-refractivity contribution in [2.45, 2.75) is 19.9 Å². The van der Waals surface area contributed by atoms with E-state index in [1.165, 1.54) is 17.7 Å². The highest BCUT2D eigenvalue weighted by Gasteiger charge is 2.17. The maximum Gasteiger partial charge on any atom is 0.218 e. The topological polar surface area (TPSA) is 25.4 Å². The van der Waals surface area contributed by atoms with Crippen molar-refractivity contribution in [1.29, 1.82) is 0 Å². The summed E-state index contributed by atoms with van der Waals surface area (Å²) in [5.74, 6) is 0.570. The SMILES string of the molecule is Cc1cccc2cc3c(nc12)OCCN(CCc1ccc(F)cc1)C3. The van der Waals surface area contributed by atoms with Crippen LogP contribution >= 0.6 is 0 Å². The third-order valence-electron chi connectivity index (χ3n) is 4.76. The van der Waals surface area contributed by atoms with Gasteiger partial charge in [0.25, 0.3) is 0 Å². The van der Waals surface area contributed by atoms with Crippen LogP contribution in [0.1, 0.15) is 16.7 Å². The fourth-order valence-electron chi connectivity index (χ4n) is 3.33. The van der Waals surface area contributed by atoms with Gasteiger partial charge in [-0.05, 0) is 42.7 Å². The van der Waals surface area contributed by atoms with Crippen molar-refractivity contribution in [2.75, 3.05) is 19.7 Å². The molecule has 2 heterocycles. The summed E-state index contributed by atoms with van der Waals surface area (Å²) in [6, 6.07) is 15.2. The molecular formula is C21H21FN2O. The van der Waals surface area contributed by atoms with Gasteiger partial charge in [-0.15, -0.1) is 0 Å². The molecule has 0 N–H and O–H groups in total. The van der Waals surface area contributed by atoms with Crippen molar-refractivity contribution in [3.63, 3.8) is 0 Å². The molecule has 1 aliphatic rings. The maximum atomic E-state index is 13.0. The minimum absolute atomic E-state index is 0.186. The lowest BCUT2D eigenvalue weighted by atomic mass is 10.1. The third-order valence-corrected chi connectivity index (χ3v) is 4.76. The molecule has 25 heavy (non-hydrogen) atoms. The van der Waals surface area contributed by atoms with Crippen LogP contribution in [0.25, 0.3) is 10.9 Å². The number of halogens is 1. The van der Waals surface area contributed by atoms with E-state index in [-0.39, 0.29) is 5.82 Å². The standard InChI is InChI=1S/C21H21FN2O/c1-15-3-2-4-17-13-18-14-24(11-12-25-21(18)23-20(15)17)10-9-16-5-7-19(22)8-6-16/h2-8,13H,9-12,14H2,1H3. The molecule has 1 aromatic heterocycles. The Balaban J connectivity index is 1.53. The highest BCUT2D eigenvalue weighted by Crippen LogP contribution is 2.27. The molecule has 0 spiro atoms. The number of aromatic nitrogens is 1. The number of para-hydroxylation sites is 1. The van der Waals surface area contributed by atoms with Crippen LogP contribution in [0.4, 0.5) is 4.39 Å². The summed E-state index contributed by atoms with van der Waals surface area (Å²) in [4.78, 5) is 7.12. The minimum atomic E-state index is -0.186. The first kappa shape index (κ1) is 16.0. The molecule has 128 valence electrons. The van der Waals surface area contributed by atoms with E-state index in [0.717, 1.165) is 54.0 Å². The van der Waals surface area contributed by atoms with Gasteiger partial charge in [0, 0.05) is 30.6 Å². The molecule has 0 saturated carbocycles. The van der Waals surface area contributed by atoms with Gasteiger partial charge in [0.15, 0.2) is 0 Å². The lowest BCUT2D eigenvalue weighted by Crippen LogP contribution is -2.28. The van der Waals surface area contributed by atoms with Gasteiger partial charge in [-0.1, -0.05) is 30.3 Å². The number of benzene rings is 2. The van der Waals surface area contributed by atoms with E-state index in [9.17, 15) is 4.39 Å². The first-order valence-electron chi connectivity index (χ1n) is 8.68. The predicted octanol–water partition coefficient (Wildman–Crippen LogP) is 4.12. The Morgan fingerprint density at radius 3 is 2.84 bits per heavy atom. The van der Waals surface area contributed by atoms with Gasteiger partial charge in [-0.3, -0.25) is 4.90 Å². The van der Waals surface area contributed by atoms with E-state index in [4.69, 9.17) is 9.72 Å². The summed E-state index contributed by atoms with van der Waals surface area (Å²) >= 11 is 0. The van der Waals surface area contributed by atoms with Gasteiger partial charge in [0.1, 0.15) is 12.4 Å². The number of hydrogen-bond donors (Lipinski definition) is 0. The van der Waals surface area contributed by atoms with Crippen molar-refractivity contribution in [1.82, 2.24) is 9.88 Å². The Morgan fingerprint density at radius 2 is 2.00 bits per heavy atom. The second-order valence-electron chi connectivity index (χ2n) is 6.60. The molecule has 4 rings (SSSR count). The zero-order chi connectivity index (χ0) is 17.2. The summed E-state index contributed by atoms with van der Waals surface area (Å²) in [6.45, 7) is 5.33. The first-order chi connectivity index (χ1) is 12.2. The molecular weight excluding hydrogens is 315 g/mol. The Hall–Kier alpha value is -2.46. The Labute approximate surface area is 147 Å². The van der Waals surface area contributed by atoms with Crippen LogP contribution < -0.4 is 4.74 Å². The van der Waals surface area contributed by atoms with E-state index in [1.54, 1.807) is 0 Å².